The van der Waals surface area contributed by atoms with E-state index in [2.05, 4.69) is 43.5 Å². The average Bonchev–Trinajstić information content (AvgIpc) is 3.44. The first-order valence-electron chi connectivity index (χ1n) is 35.3. The normalized spacial score (nSPS) is 12.7. The smallest absolute Gasteiger partial charge is 0.305 e. The fourth-order valence-corrected chi connectivity index (χ4v) is 11.0. The Morgan fingerprint density at radius 3 is 0.936 bits per heavy atom. The van der Waals surface area contributed by atoms with E-state index in [1.54, 1.807) is 6.08 Å². The van der Waals surface area contributed by atoms with Gasteiger partial charge in [-0.05, 0) is 83.5 Å². The van der Waals surface area contributed by atoms with Gasteiger partial charge in [0, 0.05) is 12.8 Å². The van der Waals surface area contributed by atoms with Crippen molar-refractivity contribution in [3.63, 3.8) is 0 Å². The molecule has 6 heteroatoms. The second kappa shape index (κ2) is 67.6. The molecule has 0 saturated carbocycles. The van der Waals surface area contributed by atoms with Crippen LogP contribution in [0.3, 0.4) is 0 Å². The van der Waals surface area contributed by atoms with Gasteiger partial charge in [0.05, 0.1) is 25.4 Å². The van der Waals surface area contributed by atoms with Gasteiger partial charge in [0.15, 0.2) is 0 Å². The molecule has 2 unspecified atom stereocenters. The third-order valence-corrected chi connectivity index (χ3v) is 16.4. The average molecular weight is 1100 g/mol. The summed E-state index contributed by atoms with van der Waals surface area (Å²) in [4.78, 5) is 24.6. The zero-order valence-corrected chi connectivity index (χ0v) is 52.7. The van der Waals surface area contributed by atoms with Crippen molar-refractivity contribution in [1.82, 2.24) is 5.32 Å². The molecule has 0 aromatic carbocycles. The first-order chi connectivity index (χ1) is 38.5. The van der Waals surface area contributed by atoms with E-state index in [-0.39, 0.29) is 18.5 Å². The van der Waals surface area contributed by atoms with E-state index < -0.39 is 12.1 Å². The standard InChI is InChI=1S/C72H137NO5/c1-3-5-7-9-11-13-15-17-18-19-20-21-22-23-26-29-32-35-38-41-44-48-52-56-60-64-70(75)69(68-74)73-71(76)65-61-57-53-49-45-42-39-36-33-30-27-24-25-28-31-34-37-40-43-47-51-55-59-63-67-78-72(77)66-62-58-54-50-46-16-14-12-10-8-6-4-2/h12,14,27,30,60,64,69-70,74-75H,3-11,13,15-26,28-29,31-59,61-63,65-68H2,1-2H3,(H,73,76)/b14-12-,30-27-,64-60+. The number of amides is 1. The van der Waals surface area contributed by atoms with Crippen LogP contribution >= 0.6 is 0 Å². The summed E-state index contributed by atoms with van der Waals surface area (Å²) in [7, 11) is 0. The molecule has 0 aliphatic heterocycles. The third-order valence-electron chi connectivity index (χ3n) is 16.4. The number of aliphatic hydroxyl groups excluding tert-OH is 2. The number of hydrogen-bond donors (Lipinski definition) is 3. The number of rotatable bonds is 66. The van der Waals surface area contributed by atoms with Crippen LogP contribution in [0.1, 0.15) is 386 Å². The predicted molar refractivity (Wildman–Crippen MR) is 343 cm³/mol. The van der Waals surface area contributed by atoms with Crippen molar-refractivity contribution in [3.8, 4) is 0 Å². The molecule has 460 valence electrons. The Bertz CT molecular complexity index is 1260. The number of carbonyl (C=O) groups is 2. The van der Waals surface area contributed by atoms with Gasteiger partial charge in [-0.3, -0.25) is 9.59 Å². The number of ether oxygens (including phenoxy) is 1. The Morgan fingerprint density at radius 1 is 0.346 bits per heavy atom. The maximum absolute atomic E-state index is 12.5. The molecule has 0 aliphatic rings. The monoisotopic (exact) mass is 1100 g/mol. The Balaban J connectivity index is 3.44. The number of nitrogens with one attached hydrogen (secondary N) is 1. The lowest BCUT2D eigenvalue weighted by molar-refractivity contribution is -0.143. The van der Waals surface area contributed by atoms with E-state index in [9.17, 15) is 19.8 Å². The minimum Gasteiger partial charge on any atom is -0.466 e. The summed E-state index contributed by atoms with van der Waals surface area (Å²) in [5.41, 5.74) is 0. The van der Waals surface area contributed by atoms with Crippen LogP contribution in [0.2, 0.25) is 0 Å². The minimum atomic E-state index is -0.849. The summed E-state index contributed by atoms with van der Waals surface area (Å²) in [6, 6.07) is -0.633. The maximum Gasteiger partial charge on any atom is 0.305 e. The van der Waals surface area contributed by atoms with Gasteiger partial charge < -0.3 is 20.3 Å². The van der Waals surface area contributed by atoms with Gasteiger partial charge in [0.1, 0.15) is 0 Å². The molecular formula is C72H137NO5. The van der Waals surface area contributed by atoms with Gasteiger partial charge in [-0.1, -0.05) is 326 Å². The Hall–Kier alpha value is -1.92. The van der Waals surface area contributed by atoms with E-state index in [0.29, 0.717) is 19.4 Å². The molecule has 0 rings (SSSR count). The molecule has 2 atom stereocenters. The largest absolute Gasteiger partial charge is 0.466 e. The molecule has 78 heavy (non-hydrogen) atoms. The molecule has 0 radical (unpaired) electrons. The zero-order valence-electron chi connectivity index (χ0n) is 52.7. The second-order valence-electron chi connectivity index (χ2n) is 24.2. The Morgan fingerprint density at radius 2 is 0.603 bits per heavy atom. The van der Waals surface area contributed by atoms with E-state index in [1.807, 2.05) is 6.08 Å². The predicted octanol–water partition coefficient (Wildman–Crippen LogP) is 22.7. The van der Waals surface area contributed by atoms with Gasteiger partial charge in [-0.25, -0.2) is 0 Å². The highest BCUT2D eigenvalue weighted by Crippen LogP contribution is 2.18. The highest BCUT2D eigenvalue weighted by atomic mass is 16.5. The summed E-state index contributed by atoms with van der Waals surface area (Å²) >= 11 is 0. The molecule has 0 heterocycles. The number of aliphatic hydroxyl groups is 2. The lowest BCUT2D eigenvalue weighted by Gasteiger charge is -2.20. The van der Waals surface area contributed by atoms with Gasteiger partial charge in [-0.15, -0.1) is 0 Å². The Labute approximate surface area is 487 Å². The summed E-state index contributed by atoms with van der Waals surface area (Å²) in [5.74, 6) is -0.0663. The number of carbonyl (C=O) groups excluding carboxylic acids is 2. The molecule has 0 aromatic heterocycles. The van der Waals surface area contributed by atoms with Crippen molar-refractivity contribution in [3.05, 3.63) is 36.5 Å². The van der Waals surface area contributed by atoms with Crippen LogP contribution in [-0.2, 0) is 14.3 Å². The number of esters is 1. The molecule has 0 fully saturated rings. The maximum atomic E-state index is 12.5. The minimum absolute atomic E-state index is 0.00236. The SMILES string of the molecule is CCCCC/C=C\CCCCCCCC(=O)OCCCCCCCCCCCCCC/C=C\CCCCCCCCCCC(=O)NC(CO)C(O)/C=C/CCCCCCCCCCCCCCCCCCCCCCCCC. The number of allylic oxidation sites excluding steroid dienone is 5. The van der Waals surface area contributed by atoms with E-state index in [4.69, 9.17) is 4.74 Å². The second-order valence-corrected chi connectivity index (χ2v) is 24.2. The molecule has 3 N–H and O–H groups in total. The first kappa shape index (κ1) is 76.1. The molecule has 0 bridgehead atoms. The van der Waals surface area contributed by atoms with Crippen LogP contribution in [0.25, 0.3) is 0 Å². The quantitative estimate of drug-likeness (QED) is 0.0320. The molecule has 6 nitrogen and oxygen atoms in total. The van der Waals surface area contributed by atoms with Gasteiger partial charge in [0.25, 0.3) is 0 Å². The fourth-order valence-electron chi connectivity index (χ4n) is 11.0. The first-order valence-corrected chi connectivity index (χ1v) is 35.3. The van der Waals surface area contributed by atoms with Gasteiger partial charge >= 0.3 is 5.97 Å². The van der Waals surface area contributed by atoms with Crippen LogP contribution in [0.5, 0.6) is 0 Å². The van der Waals surface area contributed by atoms with Gasteiger partial charge in [-0.2, -0.15) is 0 Å². The number of unbranched alkanes of at least 4 members (excludes halogenated alkanes) is 51. The Kier molecular flexibility index (Phi) is 65.9. The van der Waals surface area contributed by atoms with E-state index >= 15 is 0 Å². The highest BCUT2D eigenvalue weighted by Gasteiger charge is 2.18. The number of hydrogen-bond acceptors (Lipinski definition) is 5. The molecule has 0 saturated heterocycles. The summed E-state index contributed by atoms with van der Waals surface area (Å²) in [5, 5.41) is 23.3. The fraction of sp³-hybridized carbons (Fsp3) is 0.889. The van der Waals surface area contributed by atoms with Crippen LogP contribution < -0.4 is 5.32 Å². The highest BCUT2D eigenvalue weighted by molar-refractivity contribution is 5.76. The van der Waals surface area contributed by atoms with Crippen molar-refractivity contribution < 1.29 is 24.5 Å². The van der Waals surface area contributed by atoms with E-state index in [0.717, 1.165) is 44.9 Å². The topological polar surface area (TPSA) is 95.9 Å². The van der Waals surface area contributed by atoms with Crippen LogP contribution in [0.15, 0.2) is 36.5 Å². The summed E-state index contributed by atoms with van der Waals surface area (Å²) in [6.07, 6.45) is 86.5. The summed E-state index contributed by atoms with van der Waals surface area (Å²) < 4.78 is 5.47. The molecule has 0 aliphatic carbocycles. The lowest BCUT2D eigenvalue weighted by Crippen LogP contribution is -2.45. The van der Waals surface area contributed by atoms with Crippen molar-refractivity contribution in [2.45, 2.75) is 398 Å². The molecule has 1 amide bonds. The van der Waals surface area contributed by atoms with Crippen LogP contribution in [0.4, 0.5) is 0 Å². The van der Waals surface area contributed by atoms with Crippen LogP contribution in [-0.4, -0.2) is 47.4 Å². The molecule has 0 aromatic rings. The molecular weight excluding hydrogens is 959 g/mol. The molecule has 0 spiro atoms. The van der Waals surface area contributed by atoms with Crippen molar-refractivity contribution in [2.24, 2.45) is 0 Å². The van der Waals surface area contributed by atoms with E-state index in [1.165, 1.54) is 315 Å². The third kappa shape index (κ3) is 63.3. The van der Waals surface area contributed by atoms with Crippen molar-refractivity contribution >= 4 is 11.9 Å². The van der Waals surface area contributed by atoms with Crippen molar-refractivity contribution in [2.75, 3.05) is 13.2 Å². The summed E-state index contributed by atoms with van der Waals surface area (Å²) in [6.45, 7) is 4.91. The van der Waals surface area contributed by atoms with Gasteiger partial charge in [0.2, 0.25) is 5.91 Å². The van der Waals surface area contributed by atoms with Crippen LogP contribution in [0, 0.1) is 0 Å². The lowest BCUT2D eigenvalue weighted by atomic mass is 10.0. The van der Waals surface area contributed by atoms with Crippen molar-refractivity contribution in [1.29, 1.82) is 0 Å². The zero-order chi connectivity index (χ0) is 56.4.